The van der Waals surface area contributed by atoms with Gasteiger partial charge in [-0.15, -0.1) is 0 Å². The van der Waals surface area contributed by atoms with E-state index in [1.165, 1.54) is 5.69 Å². The molecule has 8 heteroatoms. The van der Waals surface area contributed by atoms with E-state index in [2.05, 4.69) is 47.8 Å². The van der Waals surface area contributed by atoms with Crippen molar-refractivity contribution in [1.29, 1.82) is 0 Å². The average Bonchev–Trinajstić information content (AvgIpc) is 3.25. The van der Waals surface area contributed by atoms with Crippen LogP contribution in [0.5, 0.6) is 0 Å². The molecule has 0 aliphatic carbocycles. The topological polar surface area (TPSA) is 91.0 Å². The highest BCUT2D eigenvalue weighted by Crippen LogP contribution is 2.24. The van der Waals surface area contributed by atoms with Crippen LogP contribution in [-0.4, -0.2) is 46.5 Å². The van der Waals surface area contributed by atoms with Crippen molar-refractivity contribution in [2.75, 3.05) is 41.8 Å². The van der Waals surface area contributed by atoms with Crippen molar-refractivity contribution in [3.8, 4) is 0 Å². The number of fused-ring (bicyclic) bond motifs is 1. The lowest BCUT2D eigenvalue weighted by Gasteiger charge is -2.28. The quantitative estimate of drug-likeness (QED) is 0.466. The van der Waals surface area contributed by atoms with E-state index >= 15 is 0 Å². The molecule has 2 aromatic heterocycles. The van der Waals surface area contributed by atoms with Crippen LogP contribution in [0, 0.1) is 6.92 Å². The zero-order valence-electron chi connectivity index (χ0n) is 16.7. The molecule has 4 aromatic rings. The van der Waals surface area contributed by atoms with Gasteiger partial charge in [-0.05, 0) is 49.4 Å². The lowest BCUT2D eigenvalue weighted by Crippen LogP contribution is -2.36. The largest absolute Gasteiger partial charge is 0.378 e. The molecule has 30 heavy (non-hydrogen) atoms. The number of hydrogen-bond acceptors (Lipinski definition) is 7. The third-order valence-electron chi connectivity index (χ3n) is 5.18. The molecule has 0 atom stereocenters. The predicted octanol–water partition coefficient (Wildman–Crippen LogP) is 3.99. The first-order valence-corrected chi connectivity index (χ1v) is 9.98. The van der Waals surface area contributed by atoms with Crippen LogP contribution in [0.15, 0.2) is 54.9 Å². The number of aromatic amines is 1. The minimum absolute atomic E-state index is 0.546. The van der Waals surface area contributed by atoms with Gasteiger partial charge in [-0.1, -0.05) is 0 Å². The molecule has 1 fully saturated rings. The number of H-pyrrole nitrogens is 1. The Morgan fingerprint density at radius 1 is 0.967 bits per heavy atom. The van der Waals surface area contributed by atoms with Gasteiger partial charge in [0.2, 0.25) is 5.95 Å². The molecule has 0 saturated carbocycles. The van der Waals surface area contributed by atoms with Gasteiger partial charge in [-0.25, -0.2) is 4.98 Å². The van der Waals surface area contributed by atoms with Crippen LogP contribution in [0.2, 0.25) is 0 Å². The summed E-state index contributed by atoms with van der Waals surface area (Å²) in [7, 11) is 0. The van der Waals surface area contributed by atoms with Gasteiger partial charge in [0.15, 0.2) is 0 Å². The molecule has 152 valence electrons. The summed E-state index contributed by atoms with van der Waals surface area (Å²) >= 11 is 0. The van der Waals surface area contributed by atoms with Gasteiger partial charge in [0.25, 0.3) is 0 Å². The van der Waals surface area contributed by atoms with Crippen molar-refractivity contribution in [3.63, 3.8) is 0 Å². The molecule has 1 aliphatic heterocycles. The number of nitrogens with one attached hydrogen (secondary N) is 3. The molecular formula is C22H23N7O. The zero-order valence-corrected chi connectivity index (χ0v) is 16.7. The fraction of sp³-hybridized carbons (Fsp3) is 0.227. The number of aryl methyl sites for hydroxylation is 1. The summed E-state index contributed by atoms with van der Waals surface area (Å²) in [6.07, 6.45) is 3.62. The molecular weight excluding hydrogens is 378 g/mol. The maximum Gasteiger partial charge on any atom is 0.229 e. The van der Waals surface area contributed by atoms with E-state index in [0.29, 0.717) is 5.95 Å². The number of anilines is 5. The minimum Gasteiger partial charge on any atom is -0.378 e. The van der Waals surface area contributed by atoms with E-state index in [0.717, 1.165) is 60.0 Å². The Hall–Kier alpha value is -3.65. The van der Waals surface area contributed by atoms with Gasteiger partial charge in [-0.3, -0.25) is 5.10 Å². The van der Waals surface area contributed by atoms with Crippen LogP contribution < -0.4 is 15.5 Å². The molecule has 0 unspecified atom stereocenters. The summed E-state index contributed by atoms with van der Waals surface area (Å²) in [5, 5.41) is 14.8. The fourth-order valence-electron chi connectivity index (χ4n) is 3.49. The highest BCUT2D eigenvalue weighted by atomic mass is 16.5. The highest BCUT2D eigenvalue weighted by Gasteiger charge is 2.11. The first kappa shape index (κ1) is 18.4. The number of ether oxygens (including phenoxy) is 1. The molecule has 0 amide bonds. The third kappa shape index (κ3) is 3.90. The van der Waals surface area contributed by atoms with Gasteiger partial charge in [0, 0.05) is 47.3 Å². The van der Waals surface area contributed by atoms with E-state index in [9.17, 15) is 0 Å². The summed E-state index contributed by atoms with van der Waals surface area (Å²) < 4.78 is 5.42. The van der Waals surface area contributed by atoms with E-state index < -0.39 is 0 Å². The van der Waals surface area contributed by atoms with Crippen LogP contribution in [0.4, 0.5) is 28.8 Å². The fourth-order valence-corrected chi connectivity index (χ4v) is 3.49. The zero-order chi connectivity index (χ0) is 20.3. The molecule has 0 radical (unpaired) electrons. The Labute approximate surface area is 174 Å². The average molecular weight is 401 g/mol. The molecule has 3 N–H and O–H groups in total. The first-order valence-electron chi connectivity index (χ1n) is 9.98. The molecule has 5 rings (SSSR count). The molecule has 8 nitrogen and oxygen atoms in total. The SMILES string of the molecule is Cc1cnc(Nc2ccc(N3CCOCC3)cc2)nc1Nc1ccc2cn[nH]c2c1. The number of hydrogen-bond donors (Lipinski definition) is 3. The molecule has 2 aromatic carbocycles. The number of aromatic nitrogens is 4. The maximum atomic E-state index is 5.42. The van der Waals surface area contributed by atoms with Crippen LogP contribution in [0.3, 0.4) is 0 Å². The number of nitrogens with zero attached hydrogens (tertiary/aromatic N) is 4. The van der Waals surface area contributed by atoms with E-state index in [-0.39, 0.29) is 0 Å². The van der Waals surface area contributed by atoms with Gasteiger partial charge >= 0.3 is 0 Å². The van der Waals surface area contributed by atoms with Gasteiger partial charge < -0.3 is 20.3 Å². The van der Waals surface area contributed by atoms with Crippen molar-refractivity contribution in [3.05, 3.63) is 60.4 Å². The summed E-state index contributed by atoms with van der Waals surface area (Å²) in [6.45, 7) is 5.39. The summed E-state index contributed by atoms with van der Waals surface area (Å²) in [4.78, 5) is 11.4. The lowest BCUT2D eigenvalue weighted by atomic mass is 10.2. The predicted molar refractivity (Wildman–Crippen MR) is 119 cm³/mol. The molecule has 3 heterocycles. The smallest absolute Gasteiger partial charge is 0.229 e. The normalized spacial score (nSPS) is 14.1. The number of morpholine rings is 1. The Morgan fingerprint density at radius 2 is 1.77 bits per heavy atom. The molecule has 0 bridgehead atoms. The second-order valence-electron chi connectivity index (χ2n) is 7.29. The number of rotatable bonds is 5. The minimum atomic E-state index is 0.546. The van der Waals surface area contributed by atoms with Crippen molar-refractivity contribution in [2.45, 2.75) is 6.92 Å². The van der Waals surface area contributed by atoms with Gasteiger partial charge in [0.1, 0.15) is 5.82 Å². The van der Waals surface area contributed by atoms with E-state index in [1.54, 1.807) is 6.20 Å². The molecule has 1 aliphatic rings. The van der Waals surface area contributed by atoms with Crippen LogP contribution in [-0.2, 0) is 4.74 Å². The molecule has 1 saturated heterocycles. The third-order valence-corrected chi connectivity index (χ3v) is 5.18. The van der Waals surface area contributed by atoms with Crippen LogP contribution >= 0.6 is 0 Å². The second kappa shape index (κ2) is 8.00. The van der Waals surface area contributed by atoms with Crippen molar-refractivity contribution < 1.29 is 4.74 Å². The van der Waals surface area contributed by atoms with Gasteiger partial charge in [0.05, 0.1) is 24.9 Å². The Kier molecular flexibility index (Phi) is 4.90. The Morgan fingerprint density at radius 3 is 2.60 bits per heavy atom. The van der Waals surface area contributed by atoms with Crippen molar-refractivity contribution >= 4 is 39.7 Å². The summed E-state index contributed by atoms with van der Waals surface area (Å²) in [5.74, 6) is 1.31. The Bertz CT molecular complexity index is 1150. The monoisotopic (exact) mass is 401 g/mol. The van der Waals surface area contributed by atoms with Crippen LogP contribution in [0.1, 0.15) is 5.56 Å². The van der Waals surface area contributed by atoms with E-state index in [4.69, 9.17) is 4.74 Å². The van der Waals surface area contributed by atoms with Crippen LogP contribution in [0.25, 0.3) is 10.9 Å². The highest BCUT2D eigenvalue weighted by molar-refractivity contribution is 5.82. The van der Waals surface area contributed by atoms with Crippen molar-refractivity contribution in [1.82, 2.24) is 20.2 Å². The van der Waals surface area contributed by atoms with E-state index in [1.807, 2.05) is 43.5 Å². The Balaban J connectivity index is 1.31. The second-order valence-corrected chi connectivity index (χ2v) is 7.29. The summed E-state index contributed by atoms with van der Waals surface area (Å²) in [6, 6.07) is 14.4. The maximum absolute atomic E-state index is 5.42. The summed E-state index contributed by atoms with van der Waals surface area (Å²) in [5.41, 5.74) is 5.03. The number of benzene rings is 2. The molecule has 0 spiro atoms. The van der Waals surface area contributed by atoms with Gasteiger partial charge in [-0.2, -0.15) is 10.1 Å². The lowest BCUT2D eigenvalue weighted by molar-refractivity contribution is 0.122. The van der Waals surface area contributed by atoms with Crippen molar-refractivity contribution in [2.24, 2.45) is 0 Å². The standard InChI is InChI=1S/C22H23N7O/c1-15-13-23-22(26-17-4-6-19(7-5-17)29-8-10-30-11-9-29)27-21(15)25-18-3-2-16-14-24-28-20(16)12-18/h2-7,12-14H,8-11H2,1H3,(H,24,28)(H2,23,25,26,27). The first-order chi connectivity index (χ1) is 14.7.